The van der Waals surface area contributed by atoms with Crippen LogP contribution in [-0.2, 0) is 0 Å². The van der Waals surface area contributed by atoms with Crippen LogP contribution >= 0.6 is 0 Å². The molecule has 2 aromatic carbocycles. The van der Waals surface area contributed by atoms with E-state index in [4.69, 9.17) is 4.42 Å². The highest BCUT2D eigenvalue weighted by atomic mass is 19.1. The third-order valence-electron chi connectivity index (χ3n) is 7.09. The van der Waals surface area contributed by atoms with Crippen molar-refractivity contribution in [2.24, 2.45) is 5.92 Å². The second-order valence-corrected chi connectivity index (χ2v) is 9.41. The zero-order valence-electron chi connectivity index (χ0n) is 19.7. The number of carbonyl (C=O) groups excluding carboxylic acids is 1. The first-order valence-electron chi connectivity index (χ1n) is 11.9. The molecule has 6 rings (SSSR count). The van der Waals surface area contributed by atoms with Crippen molar-refractivity contribution in [2.45, 2.75) is 26.3 Å². The SMILES string of the molecule is Cc1ccc(-n2cccn2)c(C(=O)N2C[C@@H]3CCN(c4nc(C)c(-c5cccc(F)c5)o4)C[C@@H]32)c1. The standard InChI is InChI=1S/C27H26FN5O2/c1-17-7-8-23(33-11-4-10-29-33)22(13-17)26(34)32-15-20-9-12-31(16-24(20)32)27-30-18(2)25(35-27)19-5-3-6-21(28)14-19/h3-8,10-11,13-14,20,24H,9,12,15-16H2,1-2H3/t20-,24-/m0/s1. The molecule has 4 heterocycles. The van der Waals surface area contributed by atoms with Crippen molar-refractivity contribution in [1.82, 2.24) is 19.7 Å². The van der Waals surface area contributed by atoms with Gasteiger partial charge in [0.05, 0.1) is 23.0 Å². The number of carbonyl (C=O) groups is 1. The number of piperidine rings is 1. The predicted molar refractivity (Wildman–Crippen MR) is 130 cm³/mol. The van der Waals surface area contributed by atoms with Gasteiger partial charge in [0.1, 0.15) is 5.82 Å². The molecular formula is C27H26FN5O2. The van der Waals surface area contributed by atoms with Gasteiger partial charge in [0.15, 0.2) is 5.76 Å². The fourth-order valence-electron chi connectivity index (χ4n) is 5.21. The number of aromatic nitrogens is 3. The topological polar surface area (TPSA) is 67.4 Å². The number of likely N-dealkylation sites (tertiary alicyclic amines) is 1. The molecule has 8 heteroatoms. The molecule has 2 fully saturated rings. The maximum absolute atomic E-state index is 13.7. The lowest BCUT2D eigenvalue weighted by Gasteiger charge is -2.53. The minimum absolute atomic E-state index is 0.0198. The fourth-order valence-corrected chi connectivity index (χ4v) is 5.21. The first kappa shape index (κ1) is 21.6. The molecule has 178 valence electrons. The molecule has 0 saturated carbocycles. The molecule has 0 bridgehead atoms. The first-order chi connectivity index (χ1) is 17.0. The summed E-state index contributed by atoms with van der Waals surface area (Å²) in [4.78, 5) is 22.4. The van der Waals surface area contributed by atoms with Gasteiger partial charge in [-0.2, -0.15) is 10.1 Å². The summed E-state index contributed by atoms with van der Waals surface area (Å²) in [5.41, 5.74) is 3.86. The Morgan fingerprint density at radius 3 is 2.80 bits per heavy atom. The lowest BCUT2D eigenvalue weighted by molar-refractivity contribution is 0.00723. The highest BCUT2D eigenvalue weighted by Gasteiger charge is 2.46. The lowest BCUT2D eigenvalue weighted by Crippen LogP contribution is -2.65. The molecule has 0 aliphatic carbocycles. The minimum Gasteiger partial charge on any atom is -0.423 e. The number of anilines is 1. The maximum atomic E-state index is 13.7. The van der Waals surface area contributed by atoms with E-state index in [2.05, 4.69) is 15.0 Å². The number of rotatable bonds is 4. The van der Waals surface area contributed by atoms with Crippen LogP contribution in [0.4, 0.5) is 10.4 Å². The second-order valence-electron chi connectivity index (χ2n) is 9.41. The van der Waals surface area contributed by atoms with Gasteiger partial charge in [0, 0.05) is 43.5 Å². The van der Waals surface area contributed by atoms with Gasteiger partial charge in [0.25, 0.3) is 11.9 Å². The Morgan fingerprint density at radius 1 is 1.11 bits per heavy atom. The minimum atomic E-state index is -0.310. The molecule has 2 aliphatic heterocycles. The van der Waals surface area contributed by atoms with Crippen molar-refractivity contribution >= 4 is 11.9 Å². The molecule has 2 aliphatic rings. The summed E-state index contributed by atoms with van der Waals surface area (Å²) < 4.78 is 21.6. The van der Waals surface area contributed by atoms with Crippen molar-refractivity contribution in [3.8, 4) is 17.0 Å². The number of aryl methyl sites for hydroxylation is 2. The van der Waals surface area contributed by atoms with Crippen LogP contribution in [0.3, 0.4) is 0 Å². The molecule has 7 nitrogen and oxygen atoms in total. The van der Waals surface area contributed by atoms with Crippen LogP contribution in [0.1, 0.15) is 28.0 Å². The van der Waals surface area contributed by atoms with Crippen LogP contribution in [0.15, 0.2) is 65.3 Å². The number of benzene rings is 2. The van der Waals surface area contributed by atoms with Crippen LogP contribution in [0.25, 0.3) is 17.0 Å². The molecule has 2 aromatic heterocycles. The van der Waals surface area contributed by atoms with E-state index in [1.54, 1.807) is 16.9 Å². The Bertz CT molecular complexity index is 1400. The number of hydrogen-bond acceptors (Lipinski definition) is 5. The van der Waals surface area contributed by atoms with Gasteiger partial charge in [-0.15, -0.1) is 0 Å². The summed E-state index contributed by atoms with van der Waals surface area (Å²) >= 11 is 0. The van der Waals surface area contributed by atoms with Crippen LogP contribution in [0.2, 0.25) is 0 Å². The normalized spacial score (nSPS) is 19.4. The van der Waals surface area contributed by atoms with E-state index in [-0.39, 0.29) is 17.8 Å². The number of halogens is 1. The predicted octanol–water partition coefficient (Wildman–Crippen LogP) is 4.63. The van der Waals surface area contributed by atoms with E-state index >= 15 is 0 Å². The number of oxazole rings is 1. The third-order valence-corrected chi connectivity index (χ3v) is 7.09. The monoisotopic (exact) mass is 471 g/mol. The smallest absolute Gasteiger partial charge is 0.298 e. The van der Waals surface area contributed by atoms with Gasteiger partial charge in [-0.3, -0.25) is 4.79 Å². The van der Waals surface area contributed by atoms with Gasteiger partial charge >= 0.3 is 0 Å². The highest BCUT2D eigenvalue weighted by molar-refractivity contribution is 5.98. The third kappa shape index (κ3) is 3.79. The first-order valence-corrected chi connectivity index (χ1v) is 11.9. The van der Waals surface area contributed by atoms with Crippen LogP contribution in [0, 0.1) is 25.6 Å². The Kier molecular flexibility index (Phi) is 5.16. The Labute approximate surface area is 202 Å². The number of fused-ring (bicyclic) bond motifs is 1. The van der Waals surface area contributed by atoms with Crippen molar-refractivity contribution in [1.29, 1.82) is 0 Å². The summed E-state index contributed by atoms with van der Waals surface area (Å²) in [6, 6.07) is 14.7. The number of amides is 1. The Morgan fingerprint density at radius 2 is 2.00 bits per heavy atom. The second kappa shape index (κ2) is 8.37. The van der Waals surface area contributed by atoms with E-state index in [1.165, 1.54) is 12.1 Å². The van der Waals surface area contributed by atoms with E-state index in [1.807, 2.05) is 55.3 Å². The van der Waals surface area contributed by atoms with Crippen molar-refractivity contribution in [3.63, 3.8) is 0 Å². The maximum Gasteiger partial charge on any atom is 0.298 e. The van der Waals surface area contributed by atoms with E-state index in [9.17, 15) is 9.18 Å². The summed E-state index contributed by atoms with van der Waals surface area (Å²) in [5.74, 6) is 0.750. The average molecular weight is 472 g/mol. The van der Waals surface area contributed by atoms with Crippen LogP contribution in [-0.4, -0.2) is 51.2 Å². The van der Waals surface area contributed by atoms with Gasteiger partial charge in [0.2, 0.25) is 0 Å². The van der Waals surface area contributed by atoms with Gasteiger partial charge in [-0.05, 0) is 50.6 Å². The summed E-state index contributed by atoms with van der Waals surface area (Å²) in [5, 5.41) is 4.33. The molecule has 1 amide bonds. The van der Waals surface area contributed by atoms with E-state index < -0.39 is 0 Å². The molecule has 0 spiro atoms. The van der Waals surface area contributed by atoms with E-state index in [0.717, 1.165) is 36.5 Å². The largest absolute Gasteiger partial charge is 0.423 e. The Balaban J connectivity index is 1.24. The van der Waals surface area contributed by atoms with E-state index in [0.29, 0.717) is 35.4 Å². The molecule has 35 heavy (non-hydrogen) atoms. The molecule has 0 radical (unpaired) electrons. The van der Waals surface area contributed by atoms with Crippen LogP contribution < -0.4 is 4.90 Å². The molecule has 2 saturated heterocycles. The lowest BCUT2D eigenvalue weighted by atomic mass is 9.81. The zero-order valence-corrected chi connectivity index (χ0v) is 19.7. The summed E-state index contributed by atoms with van der Waals surface area (Å²) in [6.07, 6.45) is 4.53. The zero-order chi connectivity index (χ0) is 24.1. The molecule has 0 unspecified atom stereocenters. The van der Waals surface area contributed by atoms with Gasteiger partial charge in [-0.1, -0.05) is 23.8 Å². The average Bonchev–Trinajstić information content (AvgIpc) is 3.50. The number of nitrogens with zero attached hydrogens (tertiary/aromatic N) is 5. The van der Waals surface area contributed by atoms with Gasteiger partial charge < -0.3 is 14.2 Å². The molecule has 4 aromatic rings. The summed E-state index contributed by atoms with van der Waals surface area (Å²) in [7, 11) is 0. The summed E-state index contributed by atoms with van der Waals surface area (Å²) in [6.45, 7) is 6.08. The van der Waals surface area contributed by atoms with Crippen LogP contribution in [0.5, 0.6) is 0 Å². The quantitative estimate of drug-likeness (QED) is 0.434. The molecular weight excluding hydrogens is 445 g/mol. The fraction of sp³-hybridized carbons (Fsp3) is 0.296. The molecule has 2 atom stereocenters. The van der Waals surface area contributed by atoms with Crippen molar-refractivity contribution in [2.75, 3.05) is 24.5 Å². The van der Waals surface area contributed by atoms with Crippen molar-refractivity contribution in [3.05, 3.63) is 83.6 Å². The van der Waals surface area contributed by atoms with Gasteiger partial charge in [-0.25, -0.2) is 9.07 Å². The molecule has 0 N–H and O–H groups in total. The van der Waals surface area contributed by atoms with Crippen molar-refractivity contribution < 1.29 is 13.6 Å². The highest BCUT2D eigenvalue weighted by Crippen LogP contribution is 2.37. The number of hydrogen-bond donors (Lipinski definition) is 0. The Hall–Kier alpha value is -3.94.